The lowest BCUT2D eigenvalue weighted by Gasteiger charge is -2.09. The fourth-order valence-electron chi connectivity index (χ4n) is 1.30. The molecular formula is C11H10Cl2N4. The summed E-state index contributed by atoms with van der Waals surface area (Å²) in [6.45, 7) is 1.88. The Balaban J connectivity index is 2.33. The molecule has 2 aromatic rings. The van der Waals surface area contributed by atoms with Crippen molar-refractivity contribution < 1.29 is 0 Å². The molecule has 0 unspecified atom stereocenters. The SMILES string of the molecule is Cc1cc(Cl)c(Nc2nccc(N)n2)cc1Cl. The van der Waals surface area contributed by atoms with E-state index in [1.165, 1.54) is 0 Å². The third kappa shape index (κ3) is 2.78. The van der Waals surface area contributed by atoms with Crippen LogP contribution in [0.5, 0.6) is 0 Å². The van der Waals surface area contributed by atoms with E-state index in [1.54, 1.807) is 24.4 Å². The summed E-state index contributed by atoms with van der Waals surface area (Å²) in [5.74, 6) is 0.767. The molecule has 2 rings (SSSR count). The molecule has 0 saturated heterocycles. The zero-order valence-electron chi connectivity index (χ0n) is 9.04. The zero-order valence-corrected chi connectivity index (χ0v) is 10.5. The van der Waals surface area contributed by atoms with E-state index in [-0.39, 0.29) is 0 Å². The van der Waals surface area contributed by atoms with Gasteiger partial charge in [0.1, 0.15) is 5.82 Å². The number of rotatable bonds is 2. The largest absolute Gasteiger partial charge is 0.384 e. The Bertz CT molecular complexity index is 557. The molecule has 0 spiro atoms. The second-order valence-electron chi connectivity index (χ2n) is 3.51. The van der Waals surface area contributed by atoms with Crippen LogP contribution in [0.1, 0.15) is 5.56 Å². The van der Waals surface area contributed by atoms with Crippen LogP contribution in [0.3, 0.4) is 0 Å². The summed E-state index contributed by atoms with van der Waals surface area (Å²) in [4.78, 5) is 8.04. The first kappa shape index (κ1) is 12.0. The van der Waals surface area contributed by atoms with E-state index in [2.05, 4.69) is 15.3 Å². The molecule has 1 aromatic heterocycles. The molecular weight excluding hydrogens is 259 g/mol. The van der Waals surface area contributed by atoms with Crippen molar-refractivity contribution in [2.45, 2.75) is 6.92 Å². The highest BCUT2D eigenvalue weighted by Crippen LogP contribution is 2.30. The molecule has 1 heterocycles. The summed E-state index contributed by atoms with van der Waals surface area (Å²) >= 11 is 12.1. The van der Waals surface area contributed by atoms with Gasteiger partial charge in [-0.25, -0.2) is 4.98 Å². The maximum absolute atomic E-state index is 6.08. The van der Waals surface area contributed by atoms with Gasteiger partial charge in [0.05, 0.1) is 10.7 Å². The first-order chi connectivity index (χ1) is 8.06. The Morgan fingerprint density at radius 2 is 2.00 bits per heavy atom. The molecule has 6 heteroatoms. The van der Waals surface area contributed by atoms with Crippen LogP contribution in [-0.2, 0) is 0 Å². The van der Waals surface area contributed by atoms with Gasteiger partial charge in [0, 0.05) is 11.2 Å². The molecule has 3 N–H and O–H groups in total. The summed E-state index contributed by atoms with van der Waals surface area (Å²) < 4.78 is 0. The summed E-state index contributed by atoms with van der Waals surface area (Å²) in [6, 6.07) is 5.11. The minimum Gasteiger partial charge on any atom is -0.384 e. The number of nitrogens with two attached hydrogens (primary N) is 1. The van der Waals surface area contributed by atoms with Crippen molar-refractivity contribution in [2.24, 2.45) is 0 Å². The zero-order chi connectivity index (χ0) is 12.4. The molecule has 0 saturated carbocycles. The minimum absolute atomic E-state index is 0.381. The standard InChI is InChI=1S/C11H10Cl2N4/c1-6-4-8(13)9(5-7(6)12)16-11-15-3-2-10(14)17-11/h2-5H,1H3,(H3,14,15,16,17). The molecule has 0 fully saturated rings. The Morgan fingerprint density at radius 3 is 2.71 bits per heavy atom. The highest BCUT2D eigenvalue weighted by Gasteiger charge is 2.06. The number of nitrogen functional groups attached to an aromatic ring is 1. The quantitative estimate of drug-likeness (QED) is 0.876. The molecule has 4 nitrogen and oxygen atoms in total. The second-order valence-corrected chi connectivity index (χ2v) is 4.33. The number of anilines is 3. The number of hydrogen-bond donors (Lipinski definition) is 2. The van der Waals surface area contributed by atoms with E-state index < -0.39 is 0 Å². The van der Waals surface area contributed by atoms with Crippen LogP contribution in [0.25, 0.3) is 0 Å². The van der Waals surface area contributed by atoms with E-state index in [0.717, 1.165) is 5.56 Å². The normalized spacial score (nSPS) is 10.3. The molecule has 0 aliphatic heterocycles. The molecule has 1 aromatic carbocycles. The molecule has 0 bridgehead atoms. The van der Waals surface area contributed by atoms with Gasteiger partial charge in [-0.3, -0.25) is 0 Å². The third-order valence-corrected chi connectivity index (χ3v) is 2.89. The highest BCUT2D eigenvalue weighted by molar-refractivity contribution is 6.35. The maximum Gasteiger partial charge on any atom is 0.229 e. The Hall–Kier alpha value is -1.52. The molecule has 0 aliphatic carbocycles. The lowest BCUT2D eigenvalue weighted by Crippen LogP contribution is -2.00. The Kier molecular flexibility index (Phi) is 3.36. The van der Waals surface area contributed by atoms with E-state index >= 15 is 0 Å². The topological polar surface area (TPSA) is 63.8 Å². The highest BCUT2D eigenvalue weighted by atomic mass is 35.5. The number of aromatic nitrogens is 2. The Morgan fingerprint density at radius 1 is 1.24 bits per heavy atom. The van der Waals surface area contributed by atoms with Gasteiger partial charge in [0.25, 0.3) is 0 Å². The summed E-state index contributed by atoms with van der Waals surface area (Å²) in [6.07, 6.45) is 1.56. The number of aryl methyl sites for hydroxylation is 1. The molecule has 0 radical (unpaired) electrons. The molecule has 0 atom stereocenters. The van der Waals surface area contributed by atoms with Crippen LogP contribution >= 0.6 is 23.2 Å². The predicted octanol–water partition coefficient (Wildman–Crippen LogP) is 3.42. The summed E-state index contributed by atoms with van der Waals surface area (Å²) in [5.41, 5.74) is 7.11. The monoisotopic (exact) mass is 268 g/mol. The third-order valence-electron chi connectivity index (χ3n) is 2.17. The smallest absolute Gasteiger partial charge is 0.229 e. The van der Waals surface area contributed by atoms with Crippen molar-refractivity contribution >= 4 is 40.7 Å². The van der Waals surface area contributed by atoms with Crippen molar-refractivity contribution in [1.29, 1.82) is 0 Å². The van der Waals surface area contributed by atoms with Crippen LogP contribution in [0.4, 0.5) is 17.5 Å². The van der Waals surface area contributed by atoms with E-state index in [9.17, 15) is 0 Å². The van der Waals surface area contributed by atoms with Gasteiger partial charge in [-0.2, -0.15) is 4.98 Å². The van der Waals surface area contributed by atoms with Crippen molar-refractivity contribution in [3.8, 4) is 0 Å². The minimum atomic E-state index is 0.381. The average molecular weight is 269 g/mol. The first-order valence-electron chi connectivity index (χ1n) is 4.87. The van der Waals surface area contributed by atoms with Crippen molar-refractivity contribution in [3.63, 3.8) is 0 Å². The molecule has 88 valence electrons. The Labute approximate surface area is 109 Å². The maximum atomic E-state index is 6.08. The number of halogens is 2. The number of hydrogen-bond acceptors (Lipinski definition) is 4. The number of benzene rings is 1. The van der Waals surface area contributed by atoms with Crippen LogP contribution < -0.4 is 11.1 Å². The van der Waals surface area contributed by atoms with E-state index in [0.29, 0.717) is 27.5 Å². The van der Waals surface area contributed by atoms with Gasteiger partial charge in [0.2, 0.25) is 5.95 Å². The fourth-order valence-corrected chi connectivity index (χ4v) is 1.72. The predicted molar refractivity (Wildman–Crippen MR) is 70.9 cm³/mol. The van der Waals surface area contributed by atoms with Gasteiger partial charge >= 0.3 is 0 Å². The number of nitrogens with zero attached hydrogens (tertiary/aromatic N) is 2. The first-order valence-corrected chi connectivity index (χ1v) is 5.63. The van der Waals surface area contributed by atoms with Gasteiger partial charge in [0.15, 0.2) is 0 Å². The van der Waals surface area contributed by atoms with Crippen molar-refractivity contribution in [2.75, 3.05) is 11.1 Å². The lowest BCUT2D eigenvalue weighted by molar-refractivity contribution is 1.17. The van der Waals surface area contributed by atoms with Gasteiger partial charge in [-0.1, -0.05) is 23.2 Å². The second kappa shape index (κ2) is 4.77. The molecule has 0 amide bonds. The average Bonchev–Trinajstić information content (AvgIpc) is 2.26. The molecule has 17 heavy (non-hydrogen) atoms. The summed E-state index contributed by atoms with van der Waals surface area (Å²) in [7, 11) is 0. The lowest BCUT2D eigenvalue weighted by atomic mass is 10.2. The van der Waals surface area contributed by atoms with Crippen molar-refractivity contribution in [1.82, 2.24) is 9.97 Å². The van der Waals surface area contributed by atoms with Crippen LogP contribution in [0.15, 0.2) is 24.4 Å². The van der Waals surface area contributed by atoms with Gasteiger partial charge in [-0.15, -0.1) is 0 Å². The van der Waals surface area contributed by atoms with E-state index in [1.807, 2.05) is 6.92 Å². The van der Waals surface area contributed by atoms with Crippen LogP contribution in [0, 0.1) is 6.92 Å². The molecule has 0 aliphatic rings. The van der Waals surface area contributed by atoms with Gasteiger partial charge < -0.3 is 11.1 Å². The van der Waals surface area contributed by atoms with E-state index in [4.69, 9.17) is 28.9 Å². The van der Waals surface area contributed by atoms with Crippen LogP contribution in [-0.4, -0.2) is 9.97 Å². The van der Waals surface area contributed by atoms with Gasteiger partial charge in [-0.05, 0) is 30.7 Å². The van der Waals surface area contributed by atoms with Crippen molar-refractivity contribution in [3.05, 3.63) is 40.0 Å². The number of nitrogens with one attached hydrogen (secondary N) is 1. The summed E-state index contributed by atoms with van der Waals surface area (Å²) in [5, 5.41) is 4.14. The van der Waals surface area contributed by atoms with Crippen LogP contribution in [0.2, 0.25) is 10.0 Å². The fraction of sp³-hybridized carbons (Fsp3) is 0.0909.